The maximum Gasteiger partial charge on any atom is 0.425 e. The molecule has 2 fully saturated rings. The Morgan fingerprint density at radius 3 is 2.27 bits per heavy atom. The van der Waals surface area contributed by atoms with Crippen LogP contribution in [0.5, 0.6) is 11.5 Å². The van der Waals surface area contributed by atoms with Gasteiger partial charge in [-0.3, -0.25) is 19.4 Å². The van der Waals surface area contributed by atoms with Gasteiger partial charge in [0.05, 0.1) is 35.5 Å². The summed E-state index contributed by atoms with van der Waals surface area (Å²) in [6, 6.07) is 12.0. The molecule has 0 bridgehead atoms. The number of unbranched alkanes of at least 4 members (excludes halogenated alkanes) is 1. The molecule has 17 heteroatoms. The number of hydrogen-bond acceptors (Lipinski definition) is 8. The number of likely N-dealkylation sites (tertiary alicyclic amines) is 2. The average Bonchev–Trinajstić information content (AvgIpc) is 3.57. The first-order valence-corrected chi connectivity index (χ1v) is 21.2. The Morgan fingerprint density at radius 1 is 0.983 bits per heavy atom. The van der Waals surface area contributed by atoms with E-state index in [0.717, 1.165) is 35.9 Å². The molecule has 2 aromatic heterocycles. The number of halogens is 6. The number of piperidine rings is 1. The van der Waals surface area contributed by atoms with Crippen LogP contribution < -0.4 is 4.74 Å². The van der Waals surface area contributed by atoms with Crippen molar-refractivity contribution >= 4 is 29.1 Å². The summed E-state index contributed by atoms with van der Waals surface area (Å²) >= 11 is 0.481. The fraction of sp³-hybridized carbons (Fsp3) is 0.558. The predicted octanol–water partition coefficient (Wildman–Crippen LogP) is 10.1. The lowest BCUT2D eigenvalue weighted by atomic mass is 9.73. The normalized spacial score (nSPS) is 18.6. The largest absolute Gasteiger partial charge is 0.507 e. The summed E-state index contributed by atoms with van der Waals surface area (Å²) in [5.41, 5.74) is -1.90. The van der Waals surface area contributed by atoms with Crippen molar-refractivity contribution < 1.29 is 55.7 Å². The molecule has 3 unspecified atom stereocenters. The molecule has 2 aliphatic rings. The van der Waals surface area contributed by atoms with Gasteiger partial charge in [0, 0.05) is 48.9 Å². The van der Waals surface area contributed by atoms with E-state index < -0.39 is 63.7 Å². The van der Waals surface area contributed by atoms with Gasteiger partial charge < -0.3 is 24.7 Å². The Labute approximate surface area is 350 Å². The van der Waals surface area contributed by atoms with Crippen LogP contribution in [0.3, 0.4) is 0 Å². The summed E-state index contributed by atoms with van der Waals surface area (Å²) < 4.78 is 82.8. The van der Waals surface area contributed by atoms with E-state index >= 15 is 0 Å². The zero-order valence-electron chi connectivity index (χ0n) is 33.7. The van der Waals surface area contributed by atoms with Gasteiger partial charge in [-0.2, -0.15) is 31.6 Å². The number of pyridine rings is 1. The molecule has 3 atom stereocenters. The number of amides is 2. The quantitative estimate of drug-likeness (QED) is 0.120. The number of aromatic hydroxyl groups is 1. The van der Waals surface area contributed by atoms with E-state index in [2.05, 4.69) is 11.1 Å². The number of carbonyl (C=O) groups excluding carboxylic acids is 2. The molecule has 2 saturated heterocycles. The molecule has 10 nitrogen and oxygen atoms in total. The number of benzene rings is 1. The molecule has 0 saturated carbocycles. The Morgan fingerprint density at radius 2 is 1.68 bits per heavy atom. The van der Waals surface area contributed by atoms with Gasteiger partial charge in [-0.15, -0.1) is 11.3 Å². The van der Waals surface area contributed by atoms with Crippen LogP contribution in [0.25, 0.3) is 0 Å². The number of alkyl halides is 6. The van der Waals surface area contributed by atoms with Gasteiger partial charge in [-0.25, -0.2) is 0 Å². The summed E-state index contributed by atoms with van der Waals surface area (Å²) in [5.74, 6) is -2.51. The molecule has 2 N–H and O–H groups in total. The van der Waals surface area contributed by atoms with Crippen molar-refractivity contribution in [1.29, 1.82) is 5.26 Å². The highest BCUT2D eigenvalue weighted by Crippen LogP contribution is 2.42. The highest BCUT2D eigenvalue weighted by Gasteiger charge is 2.45. The third kappa shape index (κ3) is 12.4. The number of aromatic nitrogens is 1. The Balaban J connectivity index is 0.000000693. The fourth-order valence-corrected chi connectivity index (χ4v) is 8.59. The standard InChI is InChI=1S/C38H49F3N4O5.C5H3F3OS/c1-3-5-13-27(36(48)49)14-11-25-50-32-18-7-6-16-29(32)37(26-42)19-23-44(24-20-37)34(46)28-15-8-9-22-45(31(28)12-4-2)35(47)33-30(38(39,40)41)17-10-21-43-33;6-5(7,8)4-1-3(9)2-10-4/h6-7,10,16-18,21,27-28,31H,3-5,8-9,11-15,19-20,22-25H2,1-2H3,(H,48,49);1-2,9H. The zero-order chi connectivity index (χ0) is 44.1. The molecule has 328 valence electrons. The minimum Gasteiger partial charge on any atom is -0.507 e. The molecular formula is C43H52F6N4O6S. The van der Waals surface area contributed by atoms with Crippen molar-refractivity contribution in [3.8, 4) is 17.6 Å². The molecule has 2 amide bonds. The van der Waals surface area contributed by atoms with Crippen LogP contribution in [-0.4, -0.2) is 75.1 Å². The molecule has 0 spiro atoms. The monoisotopic (exact) mass is 866 g/mol. The van der Waals surface area contributed by atoms with Crippen LogP contribution in [0.15, 0.2) is 54.0 Å². The summed E-state index contributed by atoms with van der Waals surface area (Å²) in [7, 11) is 0. The number of ether oxygens (including phenoxy) is 1. The molecule has 4 heterocycles. The highest BCUT2D eigenvalue weighted by molar-refractivity contribution is 7.10. The predicted molar refractivity (Wildman–Crippen MR) is 212 cm³/mol. The number of carbonyl (C=O) groups is 3. The van der Waals surface area contributed by atoms with E-state index in [9.17, 15) is 51.1 Å². The van der Waals surface area contributed by atoms with Gasteiger partial charge in [0.25, 0.3) is 5.91 Å². The lowest BCUT2D eigenvalue weighted by molar-refractivity contribution is -0.142. The molecule has 0 aliphatic carbocycles. The van der Waals surface area contributed by atoms with Crippen LogP contribution >= 0.6 is 11.3 Å². The van der Waals surface area contributed by atoms with E-state index in [1.807, 2.05) is 38.1 Å². The number of rotatable bonds is 14. The van der Waals surface area contributed by atoms with Crippen molar-refractivity contribution in [1.82, 2.24) is 14.8 Å². The molecule has 1 aromatic carbocycles. The summed E-state index contributed by atoms with van der Waals surface area (Å²) in [6.45, 7) is 5.13. The Bertz CT molecular complexity index is 1920. The lowest BCUT2D eigenvalue weighted by Gasteiger charge is -2.41. The minimum atomic E-state index is -4.75. The van der Waals surface area contributed by atoms with Crippen molar-refractivity contribution in [2.45, 2.75) is 115 Å². The topological polar surface area (TPSA) is 144 Å². The maximum atomic E-state index is 14.2. The van der Waals surface area contributed by atoms with Gasteiger partial charge >= 0.3 is 18.3 Å². The first-order valence-electron chi connectivity index (χ1n) is 20.3. The molecule has 3 aromatic rings. The number of aliphatic carboxylic acids is 1. The van der Waals surface area contributed by atoms with Gasteiger partial charge in [0.1, 0.15) is 22.1 Å². The molecule has 60 heavy (non-hydrogen) atoms. The number of carboxylic acids is 1. The number of nitriles is 1. The van der Waals surface area contributed by atoms with Crippen LogP contribution in [-0.2, 0) is 27.4 Å². The first-order chi connectivity index (χ1) is 28.5. The summed E-state index contributed by atoms with van der Waals surface area (Å²) in [4.78, 5) is 45.8. The summed E-state index contributed by atoms with van der Waals surface area (Å²) in [5, 5.41) is 29.6. The van der Waals surface area contributed by atoms with Crippen molar-refractivity contribution in [3.63, 3.8) is 0 Å². The fourth-order valence-electron chi connectivity index (χ4n) is 7.96. The van der Waals surface area contributed by atoms with Crippen LogP contribution in [0.4, 0.5) is 26.3 Å². The van der Waals surface area contributed by atoms with Crippen LogP contribution in [0.2, 0.25) is 0 Å². The maximum absolute atomic E-state index is 14.2. The smallest absolute Gasteiger partial charge is 0.425 e. The van der Waals surface area contributed by atoms with Crippen LogP contribution in [0.1, 0.15) is 117 Å². The van der Waals surface area contributed by atoms with Crippen molar-refractivity contribution in [2.75, 3.05) is 26.2 Å². The number of thiophene rings is 1. The van der Waals surface area contributed by atoms with E-state index in [1.165, 1.54) is 11.1 Å². The molecule has 5 rings (SSSR count). The number of carboxylic acid groups (broad SMARTS) is 1. The van der Waals surface area contributed by atoms with Gasteiger partial charge in [-0.05, 0) is 69.6 Å². The second-order valence-corrected chi connectivity index (χ2v) is 16.1. The van der Waals surface area contributed by atoms with Gasteiger partial charge in [0.2, 0.25) is 5.91 Å². The third-order valence-electron chi connectivity index (χ3n) is 11.1. The number of hydrogen-bond donors (Lipinski definition) is 2. The molecule has 2 aliphatic heterocycles. The Kier molecular flexibility index (Phi) is 17.2. The van der Waals surface area contributed by atoms with Gasteiger partial charge in [-0.1, -0.05) is 57.7 Å². The average molecular weight is 867 g/mol. The number of para-hydroxylation sites is 1. The number of nitrogens with zero attached hydrogens (tertiary/aromatic N) is 4. The molecule has 0 radical (unpaired) electrons. The zero-order valence-corrected chi connectivity index (χ0v) is 34.6. The van der Waals surface area contributed by atoms with Gasteiger partial charge in [0.15, 0.2) is 0 Å². The van der Waals surface area contributed by atoms with E-state index in [-0.39, 0.29) is 18.2 Å². The minimum absolute atomic E-state index is 0.146. The molecular weight excluding hydrogens is 815 g/mol. The SMILES string of the molecule is CCCCC(CCCOc1ccccc1C1(C#N)CCN(C(=O)C2CCCCN(C(=O)c3ncccc3C(F)(F)F)C2CCC)CC1)C(=O)O.Oc1csc(C(F)(F)F)c1. The van der Waals surface area contributed by atoms with Crippen molar-refractivity contribution in [3.05, 3.63) is 75.7 Å². The highest BCUT2D eigenvalue weighted by atomic mass is 32.1. The Hall–Kier alpha value is -4.85. The summed E-state index contributed by atoms with van der Waals surface area (Å²) in [6.07, 6.45) is -0.844. The lowest BCUT2D eigenvalue weighted by Crippen LogP contribution is -2.52. The van der Waals surface area contributed by atoms with E-state index in [1.54, 1.807) is 4.90 Å². The third-order valence-corrected chi connectivity index (χ3v) is 12.1. The van der Waals surface area contributed by atoms with E-state index in [4.69, 9.17) is 9.84 Å². The van der Waals surface area contributed by atoms with Crippen molar-refractivity contribution in [2.24, 2.45) is 11.8 Å². The van der Waals surface area contributed by atoms with Crippen LogP contribution in [0, 0.1) is 23.2 Å². The first kappa shape index (κ1) is 47.8. The van der Waals surface area contributed by atoms with E-state index in [0.29, 0.717) is 107 Å². The second kappa shape index (κ2) is 21.6. The second-order valence-electron chi connectivity index (χ2n) is 15.2.